The van der Waals surface area contributed by atoms with Crippen LogP contribution < -0.4 is 0 Å². The van der Waals surface area contributed by atoms with E-state index in [1.54, 1.807) is 0 Å². The summed E-state index contributed by atoms with van der Waals surface area (Å²) in [6, 6.07) is 0. The van der Waals surface area contributed by atoms with Crippen LogP contribution >= 0.6 is 31.9 Å². The lowest BCUT2D eigenvalue weighted by molar-refractivity contribution is 0.0572. The molecule has 0 aromatic carbocycles. The summed E-state index contributed by atoms with van der Waals surface area (Å²) < 4.78 is 5.85. The van der Waals surface area contributed by atoms with Crippen LogP contribution in [0, 0.1) is 0 Å². The SMILES string of the molecule is Br[C@@H]1CC[C@H](Br)C2CC[C@H]1O2. The molecule has 2 bridgehead atoms. The number of fused-ring (bicyclic) bond motifs is 2. The van der Waals surface area contributed by atoms with Gasteiger partial charge in [-0.2, -0.15) is 0 Å². The van der Waals surface area contributed by atoms with Crippen molar-refractivity contribution in [3.05, 3.63) is 0 Å². The Balaban J connectivity index is 2.07. The molecule has 0 aromatic heterocycles. The van der Waals surface area contributed by atoms with E-state index in [-0.39, 0.29) is 0 Å². The highest BCUT2D eigenvalue weighted by molar-refractivity contribution is 9.09. The summed E-state index contributed by atoms with van der Waals surface area (Å²) in [4.78, 5) is 1.19. The average molecular weight is 284 g/mol. The summed E-state index contributed by atoms with van der Waals surface area (Å²) >= 11 is 7.35. The standard InChI is InChI=1S/C8H12Br2O/c9-5-1-2-6(10)8-4-3-7(5)11-8/h5-8H,1-4H2/t5-,6+,7-,8?/m1/s1. The number of ether oxygens (including phenoxy) is 1. The van der Waals surface area contributed by atoms with E-state index >= 15 is 0 Å². The smallest absolute Gasteiger partial charge is 0.0705 e. The molecular formula is C8H12Br2O. The fraction of sp³-hybridized carbons (Fsp3) is 1.00. The van der Waals surface area contributed by atoms with Crippen molar-refractivity contribution in [1.29, 1.82) is 0 Å². The van der Waals surface area contributed by atoms with Gasteiger partial charge in [-0.3, -0.25) is 0 Å². The largest absolute Gasteiger partial charge is 0.373 e. The van der Waals surface area contributed by atoms with Gasteiger partial charge in [-0.05, 0) is 25.7 Å². The molecule has 2 saturated heterocycles. The predicted octanol–water partition coefficient (Wildman–Crippen LogP) is 2.85. The molecule has 3 heteroatoms. The Bertz CT molecular complexity index is 135. The summed E-state index contributed by atoms with van der Waals surface area (Å²) in [7, 11) is 0. The van der Waals surface area contributed by atoms with Crippen molar-refractivity contribution in [2.75, 3.05) is 0 Å². The van der Waals surface area contributed by atoms with Gasteiger partial charge >= 0.3 is 0 Å². The van der Waals surface area contributed by atoms with E-state index in [2.05, 4.69) is 31.9 Å². The van der Waals surface area contributed by atoms with Gasteiger partial charge in [0.1, 0.15) is 0 Å². The maximum absolute atomic E-state index is 5.85. The van der Waals surface area contributed by atoms with E-state index in [0.29, 0.717) is 21.9 Å². The highest BCUT2D eigenvalue weighted by atomic mass is 79.9. The highest BCUT2D eigenvalue weighted by Gasteiger charge is 2.37. The first-order chi connectivity index (χ1) is 5.27. The zero-order valence-electron chi connectivity index (χ0n) is 6.30. The molecule has 0 amide bonds. The molecule has 2 aliphatic rings. The van der Waals surface area contributed by atoms with Gasteiger partial charge in [-0.15, -0.1) is 0 Å². The fourth-order valence-corrected chi connectivity index (χ4v) is 3.22. The van der Waals surface area contributed by atoms with E-state index in [1.165, 1.54) is 25.7 Å². The number of hydrogen-bond donors (Lipinski definition) is 0. The van der Waals surface area contributed by atoms with E-state index < -0.39 is 0 Å². The molecule has 0 N–H and O–H groups in total. The van der Waals surface area contributed by atoms with Gasteiger partial charge in [-0.1, -0.05) is 31.9 Å². The highest BCUT2D eigenvalue weighted by Crippen LogP contribution is 2.37. The fourth-order valence-electron chi connectivity index (χ4n) is 1.91. The van der Waals surface area contributed by atoms with Crippen molar-refractivity contribution in [3.63, 3.8) is 0 Å². The molecule has 0 spiro atoms. The molecule has 2 fully saturated rings. The summed E-state index contributed by atoms with van der Waals surface area (Å²) in [5.41, 5.74) is 0. The lowest BCUT2D eigenvalue weighted by atomic mass is 10.0. The molecule has 2 aliphatic heterocycles. The Labute approximate surface area is 84.1 Å². The lowest BCUT2D eigenvalue weighted by Gasteiger charge is -2.13. The quantitative estimate of drug-likeness (QED) is 0.621. The Morgan fingerprint density at radius 1 is 0.818 bits per heavy atom. The Morgan fingerprint density at radius 2 is 1.27 bits per heavy atom. The second-order valence-electron chi connectivity index (χ2n) is 3.40. The first-order valence-electron chi connectivity index (χ1n) is 4.21. The molecule has 2 heterocycles. The molecule has 11 heavy (non-hydrogen) atoms. The van der Waals surface area contributed by atoms with Gasteiger partial charge in [0, 0.05) is 9.65 Å². The minimum Gasteiger partial charge on any atom is -0.373 e. The minimum absolute atomic E-state index is 0.488. The number of rotatable bonds is 0. The van der Waals surface area contributed by atoms with Crippen LogP contribution in [0.3, 0.4) is 0 Å². The van der Waals surface area contributed by atoms with Crippen LogP contribution in [0.15, 0.2) is 0 Å². The summed E-state index contributed by atoms with van der Waals surface area (Å²) in [6.45, 7) is 0. The van der Waals surface area contributed by atoms with Gasteiger partial charge in [-0.25, -0.2) is 0 Å². The van der Waals surface area contributed by atoms with Crippen molar-refractivity contribution in [1.82, 2.24) is 0 Å². The molecule has 0 radical (unpaired) electrons. The third-order valence-corrected chi connectivity index (χ3v) is 4.71. The normalized spacial score (nSPS) is 50.7. The van der Waals surface area contributed by atoms with Crippen molar-refractivity contribution < 1.29 is 4.74 Å². The van der Waals surface area contributed by atoms with Crippen molar-refractivity contribution in [2.45, 2.75) is 47.5 Å². The summed E-state index contributed by atoms with van der Waals surface area (Å²) in [6.07, 6.45) is 5.95. The number of hydrogen-bond acceptors (Lipinski definition) is 1. The second-order valence-corrected chi connectivity index (χ2v) is 5.75. The zero-order chi connectivity index (χ0) is 7.84. The van der Waals surface area contributed by atoms with Gasteiger partial charge in [0.2, 0.25) is 0 Å². The van der Waals surface area contributed by atoms with Crippen LogP contribution in [0.1, 0.15) is 25.7 Å². The van der Waals surface area contributed by atoms with Crippen LogP contribution in [0.4, 0.5) is 0 Å². The molecule has 1 nitrogen and oxygen atoms in total. The zero-order valence-corrected chi connectivity index (χ0v) is 9.47. The minimum atomic E-state index is 0.488. The van der Waals surface area contributed by atoms with Crippen LogP contribution in [0.25, 0.3) is 0 Å². The third-order valence-electron chi connectivity index (χ3n) is 2.61. The molecule has 64 valence electrons. The topological polar surface area (TPSA) is 9.23 Å². The van der Waals surface area contributed by atoms with Crippen LogP contribution in [0.5, 0.6) is 0 Å². The summed E-state index contributed by atoms with van der Waals surface area (Å²) in [5, 5.41) is 0. The summed E-state index contributed by atoms with van der Waals surface area (Å²) in [5.74, 6) is 0. The van der Waals surface area contributed by atoms with Crippen molar-refractivity contribution >= 4 is 31.9 Å². The van der Waals surface area contributed by atoms with Crippen molar-refractivity contribution in [3.8, 4) is 0 Å². The van der Waals surface area contributed by atoms with Gasteiger partial charge in [0.25, 0.3) is 0 Å². The van der Waals surface area contributed by atoms with Crippen LogP contribution in [-0.2, 0) is 4.74 Å². The average Bonchev–Trinajstić information content (AvgIpc) is 2.42. The maximum Gasteiger partial charge on any atom is 0.0705 e. The molecule has 4 atom stereocenters. The van der Waals surface area contributed by atoms with Gasteiger partial charge in [0.05, 0.1) is 12.2 Å². The second kappa shape index (κ2) is 3.35. The van der Waals surface area contributed by atoms with Gasteiger partial charge in [0.15, 0.2) is 0 Å². The molecule has 2 rings (SSSR count). The molecule has 0 saturated carbocycles. The molecule has 1 unspecified atom stereocenters. The first kappa shape index (κ1) is 8.52. The predicted molar refractivity (Wildman–Crippen MR) is 52.6 cm³/mol. The molecular weight excluding hydrogens is 272 g/mol. The molecule has 0 aromatic rings. The molecule has 0 aliphatic carbocycles. The van der Waals surface area contributed by atoms with E-state index in [4.69, 9.17) is 4.74 Å². The van der Waals surface area contributed by atoms with Crippen molar-refractivity contribution in [2.24, 2.45) is 0 Å². The first-order valence-corrected chi connectivity index (χ1v) is 6.04. The Morgan fingerprint density at radius 3 is 1.73 bits per heavy atom. The number of halogens is 2. The van der Waals surface area contributed by atoms with E-state index in [9.17, 15) is 0 Å². The Kier molecular flexibility index (Phi) is 2.59. The third kappa shape index (κ3) is 1.65. The number of alkyl halides is 2. The lowest BCUT2D eigenvalue weighted by Crippen LogP contribution is -2.19. The Hall–Kier alpha value is 0.920. The maximum atomic E-state index is 5.85. The monoisotopic (exact) mass is 282 g/mol. The van der Waals surface area contributed by atoms with Crippen LogP contribution in [0.2, 0.25) is 0 Å². The van der Waals surface area contributed by atoms with Gasteiger partial charge < -0.3 is 4.74 Å². The van der Waals surface area contributed by atoms with E-state index in [0.717, 1.165) is 0 Å². The van der Waals surface area contributed by atoms with Crippen LogP contribution in [-0.4, -0.2) is 21.9 Å². The van der Waals surface area contributed by atoms with E-state index in [1.807, 2.05) is 0 Å².